The van der Waals surface area contributed by atoms with Crippen molar-refractivity contribution in [2.45, 2.75) is 19.5 Å². The number of aromatic nitrogens is 1. The van der Waals surface area contributed by atoms with E-state index in [1.54, 1.807) is 6.20 Å². The van der Waals surface area contributed by atoms with Gasteiger partial charge in [0.2, 0.25) is 5.43 Å². The summed E-state index contributed by atoms with van der Waals surface area (Å²) >= 11 is 0. The van der Waals surface area contributed by atoms with Crippen LogP contribution in [-0.4, -0.2) is 46.1 Å². The molecule has 6 nitrogen and oxygen atoms in total. The molecule has 0 bridgehead atoms. The maximum atomic E-state index is 11.4. The summed E-state index contributed by atoms with van der Waals surface area (Å²) < 4.78 is 5.27. The van der Waals surface area contributed by atoms with Crippen molar-refractivity contribution in [1.82, 2.24) is 14.8 Å². The Labute approximate surface area is 135 Å². The largest absolute Gasteiger partial charge is 0.502 e. The zero-order valence-corrected chi connectivity index (χ0v) is 13.2. The third-order valence-corrected chi connectivity index (χ3v) is 4.37. The van der Waals surface area contributed by atoms with Crippen molar-refractivity contribution < 1.29 is 9.52 Å². The van der Waals surface area contributed by atoms with Gasteiger partial charge in [-0.2, -0.15) is 0 Å². The van der Waals surface area contributed by atoms with E-state index in [0.717, 1.165) is 32.4 Å². The van der Waals surface area contributed by atoms with E-state index >= 15 is 0 Å². The minimum Gasteiger partial charge on any atom is -0.502 e. The summed E-state index contributed by atoms with van der Waals surface area (Å²) in [7, 11) is 0. The van der Waals surface area contributed by atoms with Crippen LogP contribution in [-0.2, 0) is 6.54 Å². The van der Waals surface area contributed by atoms with Gasteiger partial charge in [-0.25, -0.2) is 0 Å². The lowest BCUT2D eigenvalue weighted by atomic mass is 10.1. The molecule has 0 saturated carbocycles. The summed E-state index contributed by atoms with van der Waals surface area (Å²) in [5, 5.41) is 9.22. The maximum Gasteiger partial charge on any atom is 0.226 e. The SMILES string of the molecule is CC(c1cccnc1)N1CCN(Cc2cc(=O)c(O)co2)CC1. The van der Waals surface area contributed by atoms with Crippen molar-refractivity contribution in [3.8, 4) is 5.75 Å². The molecule has 1 unspecified atom stereocenters. The van der Waals surface area contributed by atoms with Gasteiger partial charge in [-0.15, -0.1) is 0 Å². The van der Waals surface area contributed by atoms with E-state index in [9.17, 15) is 9.90 Å². The van der Waals surface area contributed by atoms with E-state index in [-0.39, 0.29) is 5.75 Å². The van der Waals surface area contributed by atoms with Gasteiger partial charge in [0.25, 0.3) is 0 Å². The topological polar surface area (TPSA) is 69.8 Å². The number of piperazine rings is 1. The fraction of sp³-hybridized carbons (Fsp3) is 0.412. The van der Waals surface area contributed by atoms with Gasteiger partial charge in [0.15, 0.2) is 5.75 Å². The molecule has 0 amide bonds. The standard InChI is InChI=1S/C17H21N3O3/c1-13(14-3-2-4-18-10-14)20-7-5-19(6-8-20)11-15-9-16(21)17(22)12-23-15/h2-4,9-10,12-13,22H,5-8,11H2,1H3. The van der Waals surface area contributed by atoms with Crippen LogP contribution in [0.3, 0.4) is 0 Å². The molecule has 1 N–H and O–H groups in total. The van der Waals surface area contributed by atoms with Gasteiger partial charge in [-0.3, -0.25) is 19.6 Å². The van der Waals surface area contributed by atoms with Crippen LogP contribution in [0.2, 0.25) is 0 Å². The summed E-state index contributed by atoms with van der Waals surface area (Å²) in [6, 6.07) is 5.78. The van der Waals surface area contributed by atoms with E-state index in [1.807, 2.05) is 12.3 Å². The van der Waals surface area contributed by atoms with Gasteiger partial charge in [-0.1, -0.05) is 6.07 Å². The van der Waals surface area contributed by atoms with Crippen LogP contribution < -0.4 is 5.43 Å². The van der Waals surface area contributed by atoms with Gasteiger partial charge in [0.1, 0.15) is 12.0 Å². The lowest BCUT2D eigenvalue weighted by Crippen LogP contribution is -2.46. The van der Waals surface area contributed by atoms with E-state index in [1.165, 1.54) is 11.6 Å². The Morgan fingerprint density at radius 1 is 1.35 bits per heavy atom. The fourth-order valence-electron chi connectivity index (χ4n) is 2.89. The second-order valence-electron chi connectivity index (χ2n) is 5.87. The molecular formula is C17H21N3O3. The molecule has 2 aromatic rings. The van der Waals surface area contributed by atoms with Crippen LogP contribution in [0.15, 0.2) is 46.1 Å². The predicted molar refractivity (Wildman–Crippen MR) is 86.1 cm³/mol. The van der Waals surface area contributed by atoms with Crippen molar-refractivity contribution in [1.29, 1.82) is 0 Å². The van der Waals surface area contributed by atoms with Gasteiger partial charge >= 0.3 is 0 Å². The first-order valence-electron chi connectivity index (χ1n) is 7.80. The van der Waals surface area contributed by atoms with Crippen molar-refractivity contribution in [3.05, 3.63) is 58.4 Å². The average Bonchev–Trinajstić information content (AvgIpc) is 2.59. The molecule has 0 aliphatic carbocycles. The highest BCUT2D eigenvalue weighted by molar-refractivity contribution is 5.16. The molecule has 3 heterocycles. The molecule has 6 heteroatoms. The monoisotopic (exact) mass is 315 g/mol. The van der Waals surface area contributed by atoms with Crippen LogP contribution in [0.25, 0.3) is 0 Å². The Morgan fingerprint density at radius 2 is 2.13 bits per heavy atom. The van der Waals surface area contributed by atoms with E-state index in [0.29, 0.717) is 18.3 Å². The van der Waals surface area contributed by atoms with Crippen LogP contribution in [0.4, 0.5) is 0 Å². The van der Waals surface area contributed by atoms with Crippen LogP contribution in [0, 0.1) is 0 Å². The maximum absolute atomic E-state index is 11.4. The first-order chi connectivity index (χ1) is 11.1. The minimum atomic E-state index is -0.393. The fourth-order valence-corrected chi connectivity index (χ4v) is 2.89. The number of pyridine rings is 1. The van der Waals surface area contributed by atoms with Crippen LogP contribution in [0.5, 0.6) is 5.75 Å². The molecule has 0 spiro atoms. The molecule has 2 aromatic heterocycles. The molecule has 0 aromatic carbocycles. The quantitative estimate of drug-likeness (QED) is 0.924. The summed E-state index contributed by atoms with van der Waals surface area (Å²) in [6.45, 7) is 6.53. The number of rotatable bonds is 4. The minimum absolute atomic E-state index is 0.344. The molecule has 3 rings (SSSR count). The first kappa shape index (κ1) is 15.7. The zero-order chi connectivity index (χ0) is 16.2. The summed E-state index contributed by atoms with van der Waals surface area (Å²) in [6.07, 6.45) is 4.82. The molecule has 122 valence electrons. The molecule has 1 saturated heterocycles. The molecular weight excluding hydrogens is 294 g/mol. The van der Waals surface area contributed by atoms with E-state index in [4.69, 9.17) is 4.42 Å². The molecule has 1 atom stereocenters. The Morgan fingerprint density at radius 3 is 2.78 bits per heavy atom. The van der Waals surface area contributed by atoms with Gasteiger partial charge < -0.3 is 9.52 Å². The average molecular weight is 315 g/mol. The molecule has 1 fully saturated rings. The Balaban J connectivity index is 1.56. The highest BCUT2D eigenvalue weighted by Gasteiger charge is 2.22. The van der Waals surface area contributed by atoms with Gasteiger partial charge in [0, 0.05) is 50.7 Å². The van der Waals surface area contributed by atoms with Crippen molar-refractivity contribution >= 4 is 0 Å². The van der Waals surface area contributed by atoms with Crippen molar-refractivity contribution in [2.24, 2.45) is 0 Å². The highest BCUT2D eigenvalue weighted by Crippen LogP contribution is 2.21. The van der Waals surface area contributed by atoms with Crippen molar-refractivity contribution in [3.63, 3.8) is 0 Å². The second kappa shape index (κ2) is 6.93. The molecule has 1 aliphatic rings. The van der Waals surface area contributed by atoms with Crippen LogP contribution in [0.1, 0.15) is 24.3 Å². The predicted octanol–water partition coefficient (Wildman–Crippen LogP) is 1.62. The zero-order valence-electron chi connectivity index (χ0n) is 13.2. The number of hydrogen-bond donors (Lipinski definition) is 1. The molecule has 23 heavy (non-hydrogen) atoms. The van der Waals surface area contributed by atoms with Gasteiger partial charge in [0.05, 0.1) is 6.54 Å². The highest BCUT2D eigenvalue weighted by atomic mass is 16.4. The normalized spacial score (nSPS) is 18.0. The smallest absolute Gasteiger partial charge is 0.226 e. The Bertz CT molecular complexity index is 694. The third kappa shape index (κ3) is 3.78. The lowest BCUT2D eigenvalue weighted by Gasteiger charge is -2.37. The van der Waals surface area contributed by atoms with E-state index in [2.05, 4.69) is 27.8 Å². The number of nitrogens with zero attached hydrogens (tertiary/aromatic N) is 3. The second-order valence-corrected chi connectivity index (χ2v) is 5.87. The first-order valence-corrected chi connectivity index (χ1v) is 7.80. The molecule has 0 radical (unpaired) electrons. The van der Waals surface area contributed by atoms with Crippen LogP contribution >= 0.6 is 0 Å². The van der Waals surface area contributed by atoms with Crippen molar-refractivity contribution in [2.75, 3.05) is 26.2 Å². The number of hydrogen-bond acceptors (Lipinski definition) is 6. The van der Waals surface area contributed by atoms with E-state index < -0.39 is 5.43 Å². The molecule has 1 aliphatic heterocycles. The Hall–Kier alpha value is -2.18. The van der Waals surface area contributed by atoms with Gasteiger partial charge in [-0.05, 0) is 18.6 Å². The summed E-state index contributed by atoms with van der Waals surface area (Å²) in [5.74, 6) is 0.241. The lowest BCUT2D eigenvalue weighted by molar-refractivity contribution is 0.0926. The Kier molecular flexibility index (Phi) is 4.73. The third-order valence-electron chi connectivity index (χ3n) is 4.37. The summed E-state index contributed by atoms with van der Waals surface area (Å²) in [5.41, 5.74) is 0.834. The number of aromatic hydroxyl groups is 1. The summed E-state index contributed by atoms with van der Waals surface area (Å²) in [4.78, 5) is 20.3.